The number of carboxylic acid groups (broad SMARTS) is 1. The Kier molecular flexibility index (Phi) is 4.89. The van der Waals surface area contributed by atoms with Gasteiger partial charge in [0.1, 0.15) is 6.10 Å². The van der Waals surface area contributed by atoms with Gasteiger partial charge in [-0.1, -0.05) is 12.5 Å². The number of ether oxygens (including phenoxy) is 1. The van der Waals surface area contributed by atoms with Gasteiger partial charge >= 0.3 is 11.9 Å². The zero-order valence-corrected chi connectivity index (χ0v) is 16.1. The first-order valence-electron chi connectivity index (χ1n) is 10.5. The summed E-state index contributed by atoms with van der Waals surface area (Å²) in [5.74, 6) is 1.48. The maximum absolute atomic E-state index is 12.1. The van der Waals surface area contributed by atoms with Crippen molar-refractivity contribution in [3.63, 3.8) is 0 Å². The summed E-state index contributed by atoms with van der Waals surface area (Å²) >= 11 is 0. The molecule has 6 atom stereocenters. The van der Waals surface area contributed by atoms with E-state index >= 15 is 0 Å². The van der Waals surface area contributed by atoms with E-state index in [1.54, 1.807) is 0 Å². The van der Waals surface area contributed by atoms with Gasteiger partial charge in [-0.2, -0.15) is 0 Å². The molecule has 0 bridgehead atoms. The predicted molar refractivity (Wildman–Crippen MR) is 98.8 cm³/mol. The number of hydrogen-bond donors (Lipinski definition) is 1. The predicted octanol–water partition coefficient (Wildman–Crippen LogP) is 3.90. The van der Waals surface area contributed by atoms with Crippen molar-refractivity contribution in [2.45, 2.75) is 77.2 Å². The molecular weight excluding hydrogens is 344 g/mol. The number of fused-ring (bicyclic) bond motifs is 5. The van der Waals surface area contributed by atoms with Gasteiger partial charge in [0.25, 0.3) is 0 Å². The number of allylic oxidation sites excluding steroid dienone is 1. The average molecular weight is 374 g/mol. The van der Waals surface area contributed by atoms with Crippen molar-refractivity contribution in [3.8, 4) is 0 Å². The Morgan fingerprint density at radius 3 is 2.70 bits per heavy atom. The Labute approximate surface area is 160 Å². The van der Waals surface area contributed by atoms with Crippen LogP contribution in [0.2, 0.25) is 0 Å². The lowest BCUT2D eigenvalue weighted by molar-refractivity contribution is -0.160. The van der Waals surface area contributed by atoms with Crippen LogP contribution < -0.4 is 0 Å². The molecule has 0 heterocycles. The molecule has 5 nitrogen and oxygen atoms in total. The van der Waals surface area contributed by atoms with Crippen LogP contribution in [0.25, 0.3) is 0 Å². The number of carbonyl (C=O) groups excluding carboxylic acids is 2. The molecule has 0 spiro atoms. The topological polar surface area (TPSA) is 80.7 Å². The summed E-state index contributed by atoms with van der Waals surface area (Å²) in [6.45, 7) is 2.28. The Morgan fingerprint density at radius 2 is 1.93 bits per heavy atom. The van der Waals surface area contributed by atoms with Crippen molar-refractivity contribution in [2.24, 2.45) is 29.1 Å². The second-order valence-electron chi connectivity index (χ2n) is 9.30. The minimum atomic E-state index is -0.958. The van der Waals surface area contributed by atoms with E-state index in [2.05, 4.69) is 6.92 Å². The number of carbonyl (C=O) groups is 3. The van der Waals surface area contributed by atoms with Gasteiger partial charge in [-0.25, -0.2) is 0 Å². The monoisotopic (exact) mass is 374 g/mol. The molecule has 1 N–H and O–H groups in total. The van der Waals surface area contributed by atoms with Crippen molar-refractivity contribution in [1.82, 2.24) is 0 Å². The van der Waals surface area contributed by atoms with Crippen molar-refractivity contribution in [3.05, 3.63) is 11.6 Å². The first-order chi connectivity index (χ1) is 12.9. The Balaban J connectivity index is 1.45. The van der Waals surface area contributed by atoms with E-state index in [-0.39, 0.29) is 30.3 Å². The van der Waals surface area contributed by atoms with Crippen LogP contribution in [-0.2, 0) is 19.1 Å². The molecule has 0 aromatic heterocycles. The molecule has 3 saturated carbocycles. The van der Waals surface area contributed by atoms with Crippen LogP contribution >= 0.6 is 0 Å². The third kappa shape index (κ3) is 3.34. The molecule has 148 valence electrons. The average Bonchev–Trinajstić information content (AvgIpc) is 2.96. The van der Waals surface area contributed by atoms with Gasteiger partial charge in [-0.3, -0.25) is 14.4 Å². The lowest BCUT2D eigenvalue weighted by atomic mass is 9.52. The molecule has 4 aliphatic carbocycles. The Morgan fingerprint density at radius 1 is 1.11 bits per heavy atom. The molecule has 0 aromatic rings. The summed E-state index contributed by atoms with van der Waals surface area (Å²) < 4.78 is 5.78. The van der Waals surface area contributed by atoms with E-state index in [9.17, 15) is 14.4 Å². The van der Waals surface area contributed by atoms with Crippen LogP contribution in [0.5, 0.6) is 0 Å². The Bertz CT molecular complexity index is 680. The van der Waals surface area contributed by atoms with E-state index in [0.29, 0.717) is 35.9 Å². The first-order valence-corrected chi connectivity index (χ1v) is 10.5. The fourth-order valence-electron chi connectivity index (χ4n) is 6.75. The standard InChI is InChI=1S/C22H30O5/c1-22-11-10-16-15-5-3-14(23)12-13(15)2-4-17(16)18(22)6-7-19(22)27-21(26)9-8-20(24)25/h12,15-19H,2-11H2,1H3,(H,24,25). The van der Waals surface area contributed by atoms with E-state index in [4.69, 9.17) is 9.84 Å². The Hall–Kier alpha value is -1.65. The van der Waals surface area contributed by atoms with Crippen molar-refractivity contribution in [2.75, 3.05) is 0 Å². The van der Waals surface area contributed by atoms with Gasteiger partial charge in [0.2, 0.25) is 0 Å². The number of aliphatic carboxylic acids is 1. The zero-order chi connectivity index (χ0) is 19.2. The molecule has 0 saturated heterocycles. The summed E-state index contributed by atoms with van der Waals surface area (Å²) in [5, 5.41) is 8.77. The number of hydrogen-bond acceptors (Lipinski definition) is 4. The summed E-state index contributed by atoms with van der Waals surface area (Å²) in [5.41, 5.74) is 1.41. The summed E-state index contributed by atoms with van der Waals surface area (Å²) in [6, 6.07) is 0. The van der Waals surface area contributed by atoms with E-state index in [1.165, 1.54) is 5.57 Å². The molecule has 6 unspecified atom stereocenters. The van der Waals surface area contributed by atoms with Crippen LogP contribution in [0.15, 0.2) is 11.6 Å². The highest BCUT2D eigenvalue weighted by Gasteiger charge is 2.57. The normalized spacial score (nSPS) is 40.4. The van der Waals surface area contributed by atoms with Crippen molar-refractivity contribution >= 4 is 17.7 Å². The van der Waals surface area contributed by atoms with Gasteiger partial charge in [0.05, 0.1) is 12.8 Å². The fourth-order valence-corrected chi connectivity index (χ4v) is 6.75. The third-order valence-corrected chi connectivity index (χ3v) is 8.03. The van der Waals surface area contributed by atoms with E-state index in [1.807, 2.05) is 6.08 Å². The number of esters is 1. The minimum absolute atomic E-state index is 0.0196. The van der Waals surface area contributed by atoms with E-state index < -0.39 is 5.97 Å². The van der Waals surface area contributed by atoms with Crippen LogP contribution in [-0.4, -0.2) is 28.9 Å². The lowest BCUT2D eigenvalue weighted by Gasteiger charge is -2.53. The third-order valence-electron chi connectivity index (χ3n) is 8.03. The summed E-state index contributed by atoms with van der Waals surface area (Å²) in [7, 11) is 0. The van der Waals surface area contributed by atoms with Gasteiger partial charge in [0.15, 0.2) is 5.78 Å². The lowest BCUT2D eigenvalue weighted by Crippen LogP contribution is -2.48. The van der Waals surface area contributed by atoms with Gasteiger partial charge < -0.3 is 9.84 Å². The van der Waals surface area contributed by atoms with Gasteiger partial charge in [-0.05, 0) is 74.7 Å². The maximum atomic E-state index is 12.1. The van der Waals surface area contributed by atoms with E-state index in [0.717, 1.165) is 44.9 Å². The molecule has 0 radical (unpaired) electrons. The molecule has 5 heteroatoms. The van der Waals surface area contributed by atoms with Crippen LogP contribution in [0, 0.1) is 29.1 Å². The SMILES string of the molecule is CC12CCC3C4CCC(=O)C=C4CCC3C1CCC2OC(=O)CCC(=O)O. The highest BCUT2D eigenvalue weighted by molar-refractivity contribution is 5.91. The summed E-state index contributed by atoms with van der Waals surface area (Å²) in [6.07, 6.45) is 9.78. The van der Waals surface area contributed by atoms with Crippen LogP contribution in [0.1, 0.15) is 71.1 Å². The summed E-state index contributed by atoms with van der Waals surface area (Å²) in [4.78, 5) is 34.6. The highest BCUT2D eigenvalue weighted by atomic mass is 16.5. The smallest absolute Gasteiger partial charge is 0.306 e. The molecule has 4 rings (SSSR count). The molecule has 0 aliphatic heterocycles. The number of rotatable bonds is 4. The number of carboxylic acids is 1. The van der Waals surface area contributed by atoms with Crippen molar-refractivity contribution in [1.29, 1.82) is 0 Å². The largest absolute Gasteiger partial charge is 0.481 e. The second kappa shape index (κ2) is 7.06. The molecule has 0 aromatic carbocycles. The number of ketones is 1. The van der Waals surface area contributed by atoms with Crippen LogP contribution in [0.4, 0.5) is 0 Å². The first kappa shape index (κ1) is 18.7. The molecule has 4 aliphatic rings. The van der Waals surface area contributed by atoms with Gasteiger partial charge in [0, 0.05) is 11.8 Å². The fraction of sp³-hybridized carbons (Fsp3) is 0.773. The zero-order valence-electron chi connectivity index (χ0n) is 16.1. The second-order valence-corrected chi connectivity index (χ2v) is 9.30. The van der Waals surface area contributed by atoms with Gasteiger partial charge in [-0.15, -0.1) is 0 Å². The minimum Gasteiger partial charge on any atom is -0.481 e. The highest BCUT2D eigenvalue weighted by Crippen LogP contribution is 2.62. The molecule has 27 heavy (non-hydrogen) atoms. The molecular formula is C22H30O5. The maximum Gasteiger partial charge on any atom is 0.306 e. The quantitative estimate of drug-likeness (QED) is 0.755. The van der Waals surface area contributed by atoms with Crippen LogP contribution in [0.3, 0.4) is 0 Å². The molecule has 0 amide bonds. The molecule has 3 fully saturated rings. The van der Waals surface area contributed by atoms with Crippen molar-refractivity contribution < 1.29 is 24.2 Å².